The molecular weight excluding hydrogens is 397 g/mol. The number of nitriles is 1. The molecule has 0 bridgehead atoms. The van der Waals surface area contributed by atoms with Crippen molar-refractivity contribution in [3.05, 3.63) is 59.4 Å². The van der Waals surface area contributed by atoms with Crippen molar-refractivity contribution in [3.8, 4) is 17.5 Å². The zero-order valence-corrected chi connectivity index (χ0v) is 15.2. The predicted molar refractivity (Wildman–Crippen MR) is 103 cm³/mol. The number of pyridine rings is 1. The van der Waals surface area contributed by atoms with Gasteiger partial charge in [0.1, 0.15) is 17.5 Å². The van der Waals surface area contributed by atoms with Crippen LogP contribution in [0.15, 0.2) is 42.6 Å². The van der Waals surface area contributed by atoms with Gasteiger partial charge in [0, 0.05) is 5.69 Å². The monoisotopic (exact) mass is 410 g/mol. The molecule has 0 fully saturated rings. The number of halogens is 3. The van der Waals surface area contributed by atoms with Crippen LogP contribution >= 0.6 is 0 Å². The average Bonchev–Trinajstić information content (AvgIpc) is 3.10. The third-order valence-electron chi connectivity index (χ3n) is 4.38. The molecule has 4 aromatic rings. The number of nitrogens with zero attached hydrogens (tertiary/aromatic N) is 6. The molecule has 8 nitrogen and oxygen atoms in total. The van der Waals surface area contributed by atoms with E-state index in [1.807, 2.05) is 6.07 Å². The highest BCUT2D eigenvalue weighted by molar-refractivity contribution is 5.90. The van der Waals surface area contributed by atoms with Gasteiger partial charge < -0.3 is 11.5 Å². The van der Waals surface area contributed by atoms with Gasteiger partial charge >= 0.3 is 6.18 Å². The quantitative estimate of drug-likeness (QED) is 0.496. The van der Waals surface area contributed by atoms with Crippen molar-refractivity contribution in [2.24, 2.45) is 0 Å². The van der Waals surface area contributed by atoms with E-state index in [2.05, 4.69) is 20.1 Å². The minimum atomic E-state index is -4.57. The van der Waals surface area contributed by atoms with Gasteiger partial charge in [-0.25, -0.2) is 14.6 Å². The summed E-state index contributed by atoms with van der Waals surface area (Å²) in [5.74, 6) is -0.0586. The molecule has 0 radical (unpaired) electrons. The number of benzene rings is 1. The third-order valence-corrected chi connectivity index (χ3v) is 4.38. The molecular formula is C19H13F3N8. The third kappa shape index (κ3) is 3.46. The number of rotatable bonds is 3. The maximum Gasteiger partial charge on any atom is 0.418 e. The lowest BCUT2D eigenvalue weighted by Gasteiger charge is -2.12. The van der Waals surface area contributed by atoms with Gasteiger partial charge in [0.15, 0.2) is 5.65 Å². The summed E-state index contributed by atoms with van der Waals surface area (Å²) in [7, 11) is 0. The van der Waals surface area contributed by atoms with Crippen molar-refractivity contribution in [1.29, 1.82) is 5.26 Å². The Bertz CT molecular complexity index is 1300. The highest BCUT2D eigenvalue weighted by Crippen LogP contribution is 2.34. The number of anilines is 2. The Hall–Kier alpha value is -4.20. The molecule has 4 N–H and O–H groups in total. The normalized spacial score (nSPS) is 11.5. The van der Waals surface area contributed by atoms with Crippen molar-refractivity contribution in [2.45, 2.75) is 12.7 Å². The minimum absolute atomic E-state index is 0.00835. The smallest absolute Gasteiger partial charge is 0.398 e. The van der Waals surface area contributed by atoms with E-state index in [1.54, 1.807) is 18.2 Å². The molecule has 0 amide bonds. The maximum absolute atomic E-state index is 13.1. The van der Waals surface area contributed by atoms with E-state index in [4.69, 9.17) is 16.7 Å². The second-order valence-electron chi connectivity index (χ2n) is 6.41. The SMILES string of the molecule is N#Cc1cccc(-c2nc(N)nc3c2cnn3Cc2ccc(N)c(C(F)(F)F)c2)n1. The van der Waals surface area contributed by atoms with Crippen LogP contribution in [0.3, 0.4) is 0 Å². The maximum atomic E-state index is 13.1. The molecule has 0 aliphatic heterocycles. The molecule has 150 valence electrons. The molecule has 0 saturated heterocycles. The largest absolute Gasteiger partial charge is 0.418 e. The van der Waals surface area contributed by atoms with E-state index in [0.717, 1.165) is 6.07 Å². The first-order valence-corrected chi connectivity index (χ1v) is 8.58. The summed E-state index contributed by atoms with van der Waals surface area (Å²) in [6, 6.07) is 10.5. The molecule has 4 rings (SSSR count). The van der Waals surface area contributed by atoms with Gasteiger partial charge in [-0.3, -0.25) is 0 Å². The minimum Gasteiger partial charge on any atom is -0.398 e. The Balaban J connectivity index is 1.80. The molecule has 0 aliphatic carbocycles. The zero-order chi connectivity index (χ0) is 21.5. The zero-order valence-electron chi connectivity index (χ0n) is 15.2. The second-order valence-corrected chi connectivity index (χ2v) is 6.41. The average molecular weight is 410 g/mol. The number of hydrogen-bond donors (Lipinski definition) is 2. The highest BCUT2D eigenvalue weighted by Gasteiger charge is 2.33. The Kier molecular flexibility index (Phi) is 4.46. The van der Waals surface area contributed by atoms with Crippen LogP contribution in [0.4, 0.5) is 24.8 Å². The lowest BCUT2D eigenvalue weighted by molar-refractivity contribution is -0.136. The van der Waals surface area contributed by atoms with Crippen molar-refractivity contribution >= 4 is 22.7 Å². The first-order valence-electron chi connectivity index (χ1n) is 8.58. The van der Waals surface area contributed by atoms with E-state index in [0.29, 0.717) is 28.0 Å². The molecule has 0 spiro atoms. The Labute approximate surface area is 167 Å². The highest BCUT2D eigenvalue weighted by atomic mass is 19.4. The number of nitrogen functional groups attached to an aromatic ring is 2. The van der Waals surface area contributed by atoms with Crippen molar-refractivity contribution < 1.29 is 13.2 Å². The molecule has 30 heavy (non-hydrogen) atoms. The summed E-state index contributed by atoms with van der Waals surface area (Å²) < 4.78 is 40.9. The van der Waals surface area contributed by atoms with Crippen LogP contribution in [0.2, 0.25) is 0 Å². The Morgan fingerprint density at radius 1 is 1.07 bits per heavy atom. The van der Waals surface area contributed by atoms with Crippen LogP contribution in [0.25, 0.3) is 22.4 Å². The van der Waals surface area contributed by atoms with Crippen LogP contribution < -0.4 is 11.5 Å². The van der Waals surface area contributed by atoms with Gasteiger partial charge in [0.05, 0.1) is 29.4 Å². The van der Waals surface area contributed by atoms with Gasteiger partial charge in [-0.1, -0.05) is 12.1 Å². The molecule has 0 atom stereocenters. The lowest BCUT2D eigenvalue weighted by atomic mass is 10.1. The molecule has 3 aromatic heterocycles. The topological polar surface area (TPSA) is 132 Å². The fourth-order valence-corrected chi connectivity index (χ4v) is 3.03. The van der Waals surface area contributed by atoms with Gasteiger partial charge in [0.2, 0.25) is 5.95 Å². The first kappa shape index (κ1) is 19.1. The predicted octanol–water partition coefficient (Wildman–Crippen LogP) is 2.99. The van der Waals surface area contributed by atoms with E-state index in [9.17, 15) is 13.2 Å². The van der Waals surface area contributed by atoms with Gasteiger partial charge in [-0.2, -0.15) is 28.5 Å². The van der Waals surface area contributed by atoms with Crippen LogP contribution in [0, 0.1) is 11.3 Å². The molecule has 11 heteroatoms. The standard InChI is InChI=1S/C19H13F3N8/c20-19(21,22)13-6-10(4-5-14(13)24)9-30-17-12(8-26-30)16(28-18(25)29-17)15-3-1-2-11(7-23)27-15/h1-6,8H,9,24H2,(H2,25,28,29). The fraction of sp³-hybridized carbons (Fsp3) is 0.105. The molecule has 3 heterocycles. The Morgan fingerprint density at radius 3 is 2.60 bits per heavy atom. The number of alkyl halides is 3. The van der Waals surface area contributed by atoms with Crippen molar-refractivity contribution in [1.82, 2.24) is 24.7 Å². The summed E-state index contributed by atoms with van der Waals surface area (Å²) in [4.78, 5) is 12.6. The van der Waals surface area contributed by atoms with Crippen LogP contribution in [-0.2, 0) is 12.7 Å². The van der Waals surface area contributed by atoms with Crippen LogP contribution in [-0.4, -0.2) is 24.7 Å². The van der Waals surface area contributed by atoms with E-state index in [1.165, 1.54) is 23.0 Å². The van der Waals surface area contributed by atoms with E-state index in [-0.39, 0.29) is 23.9 Å². The molecule has 1 aromatic carbocycles. The number of hydrogen-bond acceptors (Lipinski definition) is 7. The summed E-state index contributed by atoms with van der Waals surface area (Å²) in [6.07, 6.45) is -3.09. The Morgan fingerprint density at radius 2 is 1.87 bits per heavy atom. The second kappa shape index (κ2) is 7.00. The number of nitrogens with two attached hydrogens (primary N) is 2. The van der Waals surface area contributed by atoms with Crippen molar-refractivity contribution in [3.63, 3.8) is 0 Å². The summed E-state index contributed by atoms with van der Waals surface area (Å²) in [5.41, 5.74) is 11.7. The van der Waals surface area contributed by atoms with Crippen molar-refractivity contribution in [2.75, 3.05) is 11.5 Å². The van der Waals surface area contributed by atoms with E-state index >= 15 is 0 Å². The summed E-state index contributed by atoms with van der Waals surface area (Å²) >= 11 is 0. The fourth-order valence-electron chi connectivity index (χ4n) is 3.03. The molecule has 0 unspecified atom stereocenters. The number of fused-ring (bicyclic) bond motifs is 1. The summed E-state index contributed by atoms with van der Waals surface area (Å²) in [5, 5.41) is 13.8. The molecule has 0 aliphatic rings. The van der Waals surface area contributed by atoms with E-state index < -0.39 is 11.7 Å². The van der Waals surface area contributed by atoms with Crippen LogP contribution in [0.1, 0.15) is 16.8 Å². The summed E-state index contributed by atoms with van der Waals surface area (Å²) in [6.45, 7) is 0.00835. The first-order chi connectivity index (χ1) is 14.3. The van der Waals surface area contributed by atoms with Crippen LogP contribution in [0.5, 0.6) is 0 Å². The molecule has 0 saturated carbocycles. The van der Waals surface area contributed by atoms with Gasteiger partial charge in [-0.05, 0) is 29.8 Å². The number of aromatic nitrogens is 5. The van der Waals surface area contributed by atoms with Gasteiger partial charge in [0.25, 0.3) is 0 Å². The van der Waals surface area contributed by atoms with Gasteiger partial charge in [-0.15, -0.1) is 0 Å². The lowest BCUT2D eigenvalue weighted by Crippen LogP contribution is -2.11.